The number of rotatable bonds is 5. The van der Waals surface area contributed by atoms with Crippen molar-refractivity contribution in [1.29, 1.82) is 0 Å². The number of carbonyl (C=O) groups is 2. The van der Waals surface area contributed by atoms with E-state index in [4.69, 9.17) is 4.74 Å². The number of hydrogen-bond donors (Lipinski definition) is 2. The van der Waals surface area contributed by atoms with Crippen LogP contribution in [0.4, 0.5) is 0 Å². The maximum absolute atomic E-state index is 12.0. The molecule has 0 spiro atoms. The SMILES string of the molecule is CO[C@]1(C)C[C@@H](NC(=O)CNC(=O)c2ccccc2)C1(C)C. The molecule has 5 heteroatoms. The lowest BCUT2D eigenvalue weighted by molar-refractivity contribution is -0.182. The van der Waals surface area contributed by atoms with E-state index in [9.17, 15) is 9.59 Å². The van der Waals surface area contributed by atoms with Gasteiger partial charge in [-0.2, -0.15) is 0 Å². The highest BCUT2D eigenvalue weighted by molar-refractivity contribution is 5.96. The van der Waals surface area contributed by atoms with Gasteiger partial charge in [0, 0.05) is 24.1 Å². The summed E-state index contributed by atoms with van der Waals surface area (Å²) in [6.07, 6.45) is 0.773. The van der Waals surface area contributed by atoms with Crippen molar-refractivity contribution in [3.8, 4) is 0 Å². The molecule has 0 aliphatic heterocycles. The molecule has 1 aromatic rings. The number of benzene rings is 1. The Hall–Kier alpha value is -1.88. The average molecular weight is 304 g/mol. The fourth-order valence-electron chi connectivity index (χ4n) is 2.82. The van der Waals surface area contributed by atoms with Crippen LogP contribution in [-0.2, 0) is 9.53 Å². The molecule has 2 amide bonds. The summed E-state index contributed by atoms with van der Waals surface area (Å²) in [5.41, 5.74) is 0.185. The van der Waals surface area contributed by atoms with Gasteiger partial charge in [-0.3, -0.25) is 9.59 Å². The van der Waals surface area contributed by atoms with Crippen LogP contribution in [0.5, 0.6) is 0 Å². The monoisotopic (exact) mass is 304 g/mol. The van der Waals surface area contributed by atoms with Crippen LogP contribution in [0.15, 0.2) is 30.3 Å². The van der Waals surface area contributed by atoms with E-state index < -0.39 is 0 Å². The van der Waals surface area contributed by atoms with Crippen molar-refractivity contribution in [1.82, 2.24) is 10.6 Å². The molecule has 1 aliphatic rings. The van der Waals surface area contributed by atoms with Crippen molar-refractivity contribution in [2.75, 3.05) is 13.7 Å². The number of amides is 2. The Morgan fingerprint density at radius 3 is 2.41 bits per heavy atom. The molecule has 0 bridgehead atoms. The van der Waals surface area contributed by atoms with E-state index in [2.05, 4.69) is 24.5 Å². The van der Waals surface area contributed by atoms with E-state index in [0.29, 0.717) is 5.56 Å². The molecule has 1 aliphatic carbocycles. The summed E-state index contributed by atoms with van der Waals surface area (Å²) in [5, 5.41) is 5.60. The number of methoxy groups -OCH3 is 1. The van der Waals surface area contributed by atoms with E-state index in [1.165, 1.54) is 0 Å². The second-order valence-electron chi connectivity index (χ2n) is 6.53. The molecule has 1 aromatic carbocycles. The van der Waals surface area contributed by atoms with Gasteiger partial charge in [-0.25, -0.2) is 0 Å². The second-order valence-corrected chi connectivity index (χ2v) is 6.53. The summed E-state index contributed by atoms with van der Waals surface area (Å²) in [6.45, 7) is 6.18. The van der Waals surface area contributed by atoms with Crippen LogP contribution in [0.25, 0.3) is 0 Å². The highest BCUT2D eigenvalue weighted by Crippen LogP contribution is 2.51. The van der Waals surface area contributed by atoms with Crippen molar-refractivity contribution in [2.45, 2.75) is 38.8 Å². The van der Waals surface area contributed by atoms with Crippen LogP contribution < -0.4 is 10.6 Å². The van der Waals surface area contributed by atoms with Crippen molar-refractivity contribution in [2.24, 2.45) is 5.41 Å². The van der Waals surface area contributed by atoms with Gasteiger partial charge in [0.15, 0.2) is 0 Å². The topological polar surface area (TPSA) is 67.4 Å². The quantitative estimate of drug-likeness (QED) is 0.870. The first-order chi connectivity index (χ1) is 10.3. The molecular weight excluding hydrogens is 280 g/mol. The Bertz CT molecular complexity index is 556. The van der Waals surface area contributed by atoms with Gasteiger partial charge in [-0.15, -0.1) is 0 Å². The summed E-state index contributed by atoms with van der Waals surface area (Å²) in [4.78, 5) is 23.9. The van der Waals surface area contributed by atoms with Crippen molar-refractivity contribution in [3.05, 3.63) is 35.9 Å². The maximum atomic E-state index is 12.0. The van der Waals surface area contributed by atoms with Gasteiger partial charge in [0.25, 0.3) is 5.91 Å². The normalized spacial score (nSPS) is 25.9. The van der Waals surface area contributed by atoms with Crippen LogP contribution in [0.1, 0.15) is 37.6 Å². The molecular formula is C17H24N2O3. The fraction of sp³-hybridized carbons (Fsp3) is 0.529. The van der Waals surface area contributed by atoms with Gasteiger partial charge in [0.2, 0.25) is 5.91 Å². The molecule has 0 radical (unpaired) electrons. The van der Waals surface area contributed by atoms with Crippen LogP contribution in [0.2, 0.25) is 0 Å². The molecule has 2 N–H and O–H groups in total. The molecule has 1 fully saturated rings. The number of nitrogens with one attached hydrogen (secondary N) is 2. The molecule has 1 saturated carbocycles. The van der Waals surface area contributed by atoms with E-state index in [0.717, 1.165) is 6.42 Å². The lowest BCUT2D eigenvalue weighted by Crippen LogP contribution is -2.69. The minimum Gasteiger partial charge on any atom is -0.378 e. The molecule has 5 nitrogen and oxygen atoms in total. The van der Waals surface area contributed by atoms with Crippen molar-refractivity contribution in [3.63, 3.8) is 0 Å². The van der Waals surface area contributed by atoms with Gasteiger partial charge < -0.3 is 15.4 Å². The third-order valence-electron chi connectivity index (χ3n) is 5.06. The van der Waals surface area contributed by atoms with Gasteiger partial charge >= 0.3 is 0 Å². The third-order valence-corrected chi connectivity index (χ3v) is 5.06. The zero-order chi connectivity index (χ0) is 16.4. The lowest BCUT2D eigenvalue weighted by atomic mass is 9.56. The summed E-state index contributed by atoms with van der Waals surface area (Å²) in [5.74, 6) is -0.425. The summed E-state index contributed by atoms with van der Waals surface area (Å²) in [6, 6.07) is 8.90. The molecule has 0 saturated heterocycles. The summed E-state index contributed by atoms with van der Waals surface area (Å²) in [7, 11) is 1.69. The first kappa shape index (κ1) is 16.5. The largest absolute Gasteiger partial charge is 0.378 e. The van der Waals surface area contributed by atoms with Crippen LogP contribution >= 0.6 is 0 Å². The predicted octanol–water partition coefficient (Wildman–Crippen LogP) is 1.74. The Morgan fingerprint density at radius 2 is 1.86 bits per heavy atom. The first-order valence-electron chi connectivity index (χ1n) is 7.48. The van der Waals surface area contributed by atoms with Gasteiger partial charge in [-0.1, -0.05) is 32.0 Å². The Morgan fingerprint density at radius 1 is 1.23 bits per heavy atom. The average Bonchev–Trinajstić information content (AvgIpc) is 2.52. The van der Waals surface area contributed by atoms with Crippen LogP contribution in [0.3, 0.4) is 0 Å². The van der Waals surface area contributed by atoms with E-state index >= 15 is 0 Å². The van der Waals surface area contributed by atoms with Crippen molar-refractivity contribution < 1.29 is 14.3 Å². The first-order valence-corrected chi connectivity index (χ1v) is 7.48. The standard InChI is InChI=1S/C17H24N2O3/c1-16(2)13(10-17(16,3)22-4)19-14(20)11-18-15(21)12-8-6-5-7-9-12/h5-9,13H,10-11H2,1-4H3,(H,18,21)(H,19,20)/t13-,17-/m1/s1. The molecule has 0 unspecified atom stereocenters. The van der Waals surface area contributed by atoms with Crippen LogP contribution in [-0.4, -0.2) is 37.1 Å². The zero-order valence-electron chi connectivity index (χ0n) is 13.6. The Kier molecular flexibility index (Phi) is 4.56. The summed E-state index contributed by atoms with van der Waals surface area (Å²) >= 11 is 0. The molecule has 0 aromatic heterocycles. The third kappa shape index (κ3) is 2.99. The minimum atomic E-state index is -0.245. The van der Waals surface area contributed by atoms with Crippen molar-refractivity contribution >= 4 is 11.8 Å². The van der Waals surface area contributed by atoms with E-state index in [1.807, 2.05) is 13.0 Å². The molecule has 2 rings (SSSR count). The zero-order valence-corrected chi connectivity index (χ0v) is 13.6. The lowest BCUT2D eigenvalue weighted by Gasteiger charge is -2.59. The molecule has 22 heavy (non-hydrogen) atoms. The Balaban J connectivity index is 1.81. The number of hydrogen-bond acceptors (Lipinski definition) is 3. The van der Waals surface area contributed by atoms with Gasteiger partial charge in [-0.05, 0) is 25.5 Å². The number of carbonyl (C=O) groups excluding carboxylic acids is 2. The number of ether oxygens (including phenoxy) is 1. The highest BCUT2D eigenvalue weighted by atomic mass is 16.5. The van der Waals surface area contributed by atoms with E-state index in [1.54, 1.807) is 31.4 Å². The maximum Gasteiger partial charge on any atom is 0.251 e. The molecule has 120 valence electrons. The molecule has 0 heterocycles. The van der Waals surface area contributed by atoms with E-state index in [-0.39, 0.29) is 35.4 Å². The second kappa shape index (κ2) is 6.08. The Labute approximate surface area is 131 Å². The van der Waals surface area contributed by atoms with Gasteiger partial charge in [0.05, 0.1) is 12.1 Å². The highest BCUT2D eigenvalue weighted by Gasteiger charge is 2.58. The molecule has 2 atom stereocenters. The van der Waals surface area contributed by atoms with Gasteiger partial charge in [0.1, 0.15) is 0 Å². The predicted molar refractivity (Wildman–Crippen MR) is 84.5 cm³/mol. The van der Waals surface area contributed by atoms with Crippen LogP contribution in [0, 0.1) is 5.41 Å². The minimum absolute atomic E-state index is 0.0238. The summed E-state index contributed by atoms with van der Waals surface area (Å²) < 4.78 is 5.54. The smallest absolute Gasteiger partial charge is 0.251 e. The fourth-order valence-corrected chi connectivity index (χ4v) is 2.82.